The van der Waals surface area contributed by atoms with Crippen molar-refractivity contribution in [3.05, 3.63) is 30.3 Å². The van der Waals surface area contributed by atoms with Crippen molar-refractivity contribution in [3.8, 4) is 0 Å². The van der Waals surface area contributed by atoms with Crippen LogP contribution in [0.15, 0.2) is 30.3 Å². The van der Waals surface area contributed by atoms with E-state index >= 15 is 0 Å². The second-order valence-electron chi connectivity index (χ2n) is 5.16. The lowest BCUT2D eigenvalue weighted by atomic mass is 10.2. The molecule has 0 spiro atoms. The van der Waals surface area contributed by atoms with E-state index in [9.17, 15) is 9.36 Å². The molecular weight excluding hydrogens is 259 g/mol. The Morgan fingerprint density at radius 1 is 1.21 bits per heavy atom. The number of hydrogen-bond acceptors (Lipinski definition) is 3. The highest BCUT2D eigenvalue weighted by atomic mass is 31.1. The summed E-state index contributed by atoms with van der Waals surface area (Å²) >= 11 is 0. The minimum absolute atomic E-state index is 0.364. The molecule has 1 aromatic carbocycles. The average Bonchev–Trinajstić information content (AvgIpc) is 2.43. The van der Waals surface area contributed by atoms with Crippen molar-refractivity contribution in [1.29, 1.82) is 0 Å². The van der Waals surface area contributed by atoms with Crippen molar-refractivity contribution in [2.24, 2.45) is 0 Å². The molecule has 1 aromatic rings. The van der Waals surface area contributed by atoms with Crippen molar-refractivity contribution >= 4 is 19.1 Å². The molecule has 19 heavy (non-hydrogen) atoms. The van der Waals surface area contributed by atoms with E-state index in [2.05, 4.69) is 6.92 Å². The van der Waals surface area contributed by atoms with Crippen LogP contribution in [0.25, 0.3) is 0 Å². The summed E-state index contributed by atoms with van der Waals surface area (Å²) in [5.74, 6) is -0.364. The summed E-state index contributed by atoms with van der Waals surface area (Å²) in [6.45, 7) is 5.91. The molecule has 1 rings (SSSR count). The third kappa shape index (κ3) is 4.50. The predicted octanol–water partition coefficient (Wildman–Crippen LogP) is 3.38. The quantitative estimate of drug-likeness (QED) is 0.437. The van der Waals surface area contributed by atoms with Crippen LogP contribution in [-0.2, 0) is 14.1 Å². The van der Waals surface area contributed by atoms with E-state index in [1.54, 1.807) is 26.0 Å². The van der Waals surface area contributed by atoms with Gasteiger partial charge in [0, 0.05) is 5.30 Å². The fraction of sp³-hybridized carbons (Fsp3) is 0.533. The third-order valence-corrected chi connectivity index (χ3v) is 5.29. The fourth-order valence-corrected chi connectivity index (χ4v) is 3.21. The molecule has 3 nitrogen and oxygen atoms in total. The lowest BCUT2D eigenvalue weighted by Crippen LogP contribution is -2.32. The second kappa shape index (κ2) is 7.49. The van der Waals surface area contributed by atoms with Gasteiger partial charge in [-0.2, -0.15) is 0 Å². The van der Waals surface area contributed by atoms with E-state index in [4.69, 9.17) is 4.74 Å². The van der Waals surface area contributed by atoms with Gasteiger partial charge >= 0.3 is 5.97 Å². The molecule has 106 valence electrons. The maximum atomic E-state index is 12.5. The Morgan fingerprint density at radius 2 is 1.84 bits per heavy atom. The Kier molecular flexibility index (Phi) is 6.30. The molecule has 1 atom stereocenters. The van der Waals surface area contributed by atoms with Gasteiger partial charge in [-0.15, -0.1) is 0 Å². The Labute approximate surface area is 116 Å². The largest absolute Gasteiger partial charge is 0.465 e. The zero-order valence-electron chi connectivity index (χ0n) is 11.9. The standard InChI is InChI=1S/C15H23O3P/c1-4-5-9-12-18-14(16)15(2,3)19(17)13-10-7-6-8-11-13/h6-8,10-11,19H,4-5,9,12H2,1-3H3. The molecule has 4 heteroatoms. The first-order valence-corrected chi connectivity index (χ1v) is 8.18. The van der Waals surface area contributed by atoms with Crippen LogP contribution in [0.1, 0.15) is 40.0 Å². The summed E-state index contributed by atoms with van der Waals surface area (Å²) < 4.78 is 17.7. The lowest BCUT2D eigenvalue weighted by molar-refractivity contribution is -0.146. The number of carbonyl (C=O) groups excluding carboxylic acids is 1. The Hall–Kier alpha value is -1.08. The van der Waals surface area contributed by atoms with Crippen LogP contribution < -0.4 is 5.30 Å². The maximum absolute atomic E-state index is 12.5. The zero-order valence-corrected chi connectivity index (χ0v) is 12.9. The first-order valence-electron chi connectivity index (χ1n) is 6.77. The molecule has 0 saturated heterocycles. The van der Waals surface area contributed by atoms with Crippen molar-refractivity contribution < 1.29 is 14.1 Å². The summed E-state index contributed by atoms with van der Waals surface area (Å²) in [6, 6.07) is 9.14. The van der Waals surface area contributed by atoms with Gasteiger partial charge in [-0.05, 0) is 20.3 Å². The van der Waals surface area contributed by atoms with Gasteiger partial charge in [0.1, 0.15) is 13.0 Å². The molecule has 0 aromatic heterocycles. The van der Waals surface area contributed by atoms with Crippen LogP contribution in [0.2, 0.25) is 0 Å². The van der Waals surface area contributed by atoms with Gasteiger partial charge in [0.15, 0.2) is 0 Å². The third-order valence-electron chi connectivity index (χ3n) is 3.09. The molecule has 0 heterocycles. The summed E-state index contributed by atoms with van der Waals surface area (Å²) in [5.41, 5.74) is 0. The van der Waals surface area contributed by atoms with Crippen molar-refractivity contribution in [3.63, 3.8) is 0 Å². The molecule has 0 aliphatic rings. The highest BCUT2D eigenvalue weighted by molar-refractivity contribution is 7.56. The molecular formula is C15H23O3P. The van der Waals surface area contributed by atoms with E-state index in [-0.39, 0.29) is 5.97 Å². The molecule has 0 saturated carbocycles. The van der Waals surface area contributed by atoms with Crippen molar-refractivity contribution in [2.45, 2.75) is 45.2 Å². The zero-order chi connectivity index (χ0) is 14.3. The van der Waals surface area contributed by atoms with Crippen LogP contribution in [0, 0.1) is 0 Å². The Balaban J connectivity index is 2.64. The van der Waals surface area contributed by atoms with E-state index in [0.717, 1.165) is 24.6 Å². The van der Waals surface area contributed by atoms with E-state index < -0.39 is 13.0 Å². The molecule has 0 radical (unpaired) electrons. The monoisotopic (exact) mass is 282 g/mol. The fourth-order valence-electron chi connectivity index (χ4n) is 1.74. The molecule has 0 amide bonds. The van der Waals surface area contributed by atoms with Crippen LogP contribution in [0.3, 0.4) is 0 Å². The number of carbonyl (C=O) groups is 1. The molecule has 1 unspecified atom stereocenters. The van der Waals surface area contributed by atoms with Gasteiger partial charge in [0.05, 0.1) is 6.61 Å². The topological polar surface area (TPSA) is 43.4 Å². The van der Waals surface area contributed by atoms with Crippen LogP contribution in [0.5, 0.6) is 0 Å². The van der Waals surface area contributed by atoms with Crippen molar-refractivity contribution in [2.75, 3.05) is 6.61 Å². The average molecular weight is 282 g/mol. The van der Waals surface area contributed by atoms with Crippen LogP contribution in [-0.4, -0.2) is 17.7 Å². The van der Waals surface area contributed by atoms with Gasteiger partial charge in [-0.3, -0.25) is 4.79 Å². The van der Waals surface area contributed by atoms with Crippen LogP contribution in [0.4, 0.5) is 0 Å². The van der Waals surface area contributed by atoms with Gasteiger partial charge in [-0.1, -0.05) is 50.1 Å². The minimum atomic E-state index is -2.21. The lowest BCUT2D eigenvalue weighted by Gasteiger charge is -2.22. The van der Waals surface area contributed by atoms with E-state index in [0.29, 0.717) is 6.61 Å². The normalized spacial score (nSPS) is 13.0. The number of esters is 1. The smallest absolute Gasteiger partial charge is 0.319 e. The van der Waals surface area contributed by atoms with Gasteiger partial charge in [0.2, 0.25) is 0 Å². The first kappa shape index (κ1) is 16.0. The first-order chi connectivity index (χ1) is 9.00. The highest BCUT2D eigenvalue weighted by Gasteiger charge is 2.36. The summed E-state index contributed by atoms with van der Waals surface area (Å²) in [4.78, 5) is 12.0. The number of hydrogen-bond donors (Lipinski definition) is 0. The second-order valence-corrected chi connectivity index (χ2v) is 7.65. The highest BCUT2D eigenvalue weighted by Crippen LogP contribution is 2.38. The van der Waals surface area contributed by atoms with Gasteiger partial charge in [0.25, 0.3) is 0 Å². The maximum Gasteiger partial charge on any atom is 0.319 e. The summed E-state index contributed by atoms with van der Waals surface area (Å²) in [6.07, 6.45) is 2.99. The van der Waals surface area contributed by atoms with Gasteiger partial charge < -0.3 is 9.30 Å². The summed E-state index contributed by atoms with van der Waals surface area (Å²) in [7, 11) is -2.21. The van der Waals surface area contributed by atoms with Crippen molar-refractivity contribution in [1.82, 2.24) is 0 Å². The number of benzene rings is 1. The summed E-state index contributed by atoms with van der Waals surface area (Å²) in [5, 5.41) is -0.221. The van der Waals surface area contributed by atoms with Crippen LogP contribution >= 0.6 is 7.80 Å². The molecule has 0 aliphatic carbocycles. The molecule has 0 fully saturated rings. The van der Waals surface area contributed by atoms with E-state index in [1.807, 2.05) is 18.2 Å². The number of ether oxygens (including phenoxy) is 1. The molecule has 0 N–H and O–H groups in total. The minimum Gasteiger partial charge on any atom is -0.465 e. The van der Waals surface area contributed by atoms with Gasteiger partial charge in [-0.25, -0.2) is 0 Å². The van der Waals surface area contributed by atoms with E-state index in [1.165, 1.54) is 0 Å². The Morgan fingerprint density at radius 3 is 2.42 bits per heavy atom. The Bertz CT molecular complexity index is 426. The number of rotatable bonds is 7. The molecule has 0 bridgehead atoms. The number of unbranched alkanes of at least 4 members (excludes halogenated alkanes) is 2. The predicted molar refractivity (Wildman–Crippen MR) is 79.6 cm³/mol. The SMILES string of the molecule is CCCCCOC(=O)C(C)(C)[PH](=O)c1ccccc1. The molecule has 0 aliphatic heterocycles.